The van der Waals surface area contributed by atoms with E-state index in [-0.39, 0.29) is 10.5 Å². The molecule has 0 spiro atoms. The first kappa shape index (κ1) is 21.1. The molecule has 7 nitrogen and oxygen atoms in total. The first-order chi connectivity index (χ1) is 13.8. The highest BCUT2D eigenvalue weighted by Crippen LogP contribution is 2.33. The minimum Gasteiger partial charge on any atom is -0.497 e. The van der Waals surface area contributed by atoms with Crippen LogP contribution in [0.5, 0.6) is 11.5 Å². The lowest BCUT2D eigenvalue weighted by Crippen LogP contribution is -2.32. The molecule has 1 fully saturated rings. The van der Waals surface area contributed by atoms with Crippen LogP contribution in [0.15, 0.2) is 41.3 Å². The van der Waals surface area contributed by atoms with Gasteiger partial charge in [-0.15, -0.1) is 0 Å². The number of carboxylic acids is 1. The van der Waals surface area contributed by atoms with Crippen molar-refractivity contribution in [1.29, 1.82) is 0 Å². The van der Waals surface area contributed by atoms with Gasteiger partial charge in [0.25, 0.3) is 0 Å². The van der Waals surface area contributed by atoms with E-state index in [9.17, 15) is 18.3 Å². The average Bonchev–Trinajstić information content (AvgIpc) is 3.03. The first-order valence-electron chi connectivity index (χ1n) is 9.47. The van der Waals surface area contributed by atoms with Crippen molar-refractivity contribution in [3.63, 3.8) is 0 Å². The highest BCUT2D eigenvalue weighted by molar-refractivity contribution is 7.89. The Labute approximate surface area is 170 Å². The van der Waals surface area contributed by atoms with E-state index in [0.717, 1.165) is 25.7 Å². The number of rotatable bonds is 6. The van der Waals surface area contributed by atoms with Crippen molar-refractivity contribution in [1.82, 2.24) is 4.31 Å². The van der Waals surface area contributed by atoms with E-state index in [0.29, 0.717) is 35.7 Å². The zero-order valence-electron chi connectivity index (χ0n) is 16.6. The van der Waals surface area contributed by atoms with E-state index in [1.165, 1.54) is 36.7 Å². The van der Waals surface area contributed by atoms with Crippen molar-refractivity contribution < 1.29 is 27.8 Å². The molecular weight excluding hydrogens is 394 g/mol. The maximum Gasteiger partial charge on any atom is 0.335 e. The lowest BCUT2D eigenvalue weighted by molar-refractivity contribution is 0.0696. The molecule has 3 rings (SSSR count). The van der Waals surface area contributed by atoms with Crippen molar-refractivity contribution >= 4 is 16.0 Å². The molecule has 0 bridgehead atoms. The summed E-state index contributed by atoms with van der Waals surface area (Å²) in [5.41, 5.74) is 0.991. The second-order valence-corrected chi connectivity index (χ2v) is 8.91. The number of hydrogen-bond acceptors (Lipinski definition) is 5. The zero-order valence-corrected chi connectivity index (χ0v) is 17.4. The van der Waals surface area contributed by atoms with Gasteiger partial charge in [-0.05, 0) is 54.3 Å². The molecule has 1 heterocycles. The van der Waals surface area contributed by atoms with Gasteiger partial charge in [-0.1, -0.05) is 12.8 Å². The highest BCUT2D eigenvalue weighted by atomic mass is 32.2. The molecule has 1 aliphatic rings. The second-order valence-electron chi connectivity index (χ2n) is 6.97. The molecule has 0 amide bonds. The van der Waals surface area contributed by atoms with Crippen LogP contribution in [0.25, 0.3) is 11.1 Å². The molecule has 0 aliphatic carbocycles. The van der Waals surface area contributed by atoms with Crippen molar-refractivity contribution in [3.05, 3.63) is 42.0 Å². The molecule has 2 aromatic carbocycles. The normalized spacial score (nSPS) is 15.5. The molecule has 0 saturated carbocycles. The molecule has 29 heavy (non-hydrogen) atoms. The average molecular weight is 419 g/mol. The summed E-state index contributed by atoms with van der Waals surface area (Å²) in [6.45, 7) is 0.893. The van der Waals surface area contributed by atoms with E-state index in [1.807, 2.05) is 0 Å². The molecule has 8 heteroatoms. The Morgan fingerprint density at radius 2 is 1.41 bits per heavy atom. The summed E-state index contributed by atoms with van der Waals surface area (Å²) in [6, 6.07) is 9.32. The second kappa shape index (κ2) is 8.84. The summed E-state index contributed by atoms with van der Waals surface area (Å²) < 4.78 is 38.5. The SMILES string of the molecule is COc1cc(OC)cc(-c2cc(C(=O)O)cc(S(=O)(=O)N3CCCCCC3)c2)c1. The summed E-state index contributed by atoms with van der Waals surface area (Å²) in [6.07, 6.45) is 3.60. The van der Waals surface area contributed by atoms with Crippen LogP contribution in [-0.4, -0.2) is 51.1 Å². The summed E-state index contributed by atoms with van der Waals surface area (Å²) in [7, 11) is -0.765. The van der Waals surface area contributed by atoms with Crippen LogP contribution in [0.1, 0.15) is 36.0 Å². The minimum absolute atomic E-state index is 0.0175. The van der Waals surface area contributed by atoms with Crippen molar-refractivity contribution in [2.24, 2.45) is 0 Å². The van der Waals surface area contributed by atoms with Gasteiger partial charge in [0.2, 0.25) is 10.0 Å². The van der Waals surface area contributed by atoms with E-state index in [2.05, 4.69) is 0 Å². The third-order valence-electron chi connectivity index (χ3n) is 5.04. The van der Waals surface area contributed by atoms with Gasteiger partial charge in [0, 0.05) is 19.2 Å². The van der Waals surface area contributed by atoms with Gasteiger partial charge in [-0.25, -0.2) is 13.2 Å². The molecule has 2 aromatic rings. The monoisotopic (exact) mass is 419 g/mol. The number of nitrogens with zero attached hydrogens (tertiary/aromatic N) is 1. The van der Waals surface area contributed by atoms with Crippen LogP contribution < -0.4 is 9.47 Å². The standard InChI is InChI=1S/C21H25NO6S/c1-27-18-10-16(11-19(14-18)28-2)15-9-17(21(23)24)13-20(12-15)29(25,26)22-7-5-3-4-6-8-22/h9-14H,3-8H2,1-2H3,(H,23,24). The predicted octanol–water partition coefficient (Wildman–Crippen LogP) is 3.63. The van der Waals surface area contributed by atoms with E-state index < -0.39 is 16.0 Å². The largest absolute Gasteiger partial charge is 0.497 e. The molecule has 156 valence electrons. The van der Waals surface area contributed by atoms with Gasteiger partial charge >= 0.3 is 5.97 Å². The number of ether oxygens (including phenoxy) is 2. The van der Waals surface area contributed by atoms with E-state index >= 15 is 0 Å². The molecule has 1 N–H and O–H groups in total. The number of carboxylic acid groups (broad SMARTS) is 1. The van der Waals surface area contributed by atoms with Gasteiger partial charge < -0.3 is 14.6 Å². The topological polar surface area (TPSA) is 93.1 Å². The van der Waals surface area contributed by atoms with Gasteiger partial charge in [-0.2, -0.15) is 4.31 Å². The van der Waals surface area contributed by atoms with Crippen LogP contribution in [0, 0.1) is 0 Å². The minimum atomic E-state index is -3.80. The maximum atomic E-state index is 13.2. The molecule has 0 radical (unpaired) electrons. The van der Waals surface area contributed by atoms with Crippen molar-refractivity contribution in [3.8, 4) is 22.6 Å². The maximum absolute atomic E-state index is 13.2. The van der Waals surface area contributed by atoms with Crippen LogP contribution in [-0.2, 0) is 10.0 Å². The first-order valence-corrected chi connectivity index (χ1v) is 10.9. The van der Waals surface area contributed by atoms with Gasteiger partial charge in [0.15, 0.2) is 0 Å². The molecule has 0 atom stereocenters. The van der Waals surface area contributed by atoms with Gasteiger partial charge in [0.05, 0.1) is 24.7 Å². The van der Waals surface area contributed by atoms with E-state index in [1.54, 1.807) is 18.2 Å². The Hall–Kier alpha value is -2.58. The molecular formula is C21H25NO6S. The third-order valence-corrected chi connectivity index (χ3v) is 6.92. The highest BCUT2D eigenvalue weighted by Gasteiger charge is 2.27. The fourth-order valence-corrected chi connectivity index (χ4v) is 5.03. The Bertz CT molecular complexity index is 972. The Morgan fingerprint density at radius 3 is 1.93 bits per heavy atom. The smallest absolute Gasteiger partial charge is 0.335 e. The number of methoxy groups -OCH3 is 2. The lowest BCUT2D eigenvalue weighted by Gasteiger charge is -2.21. The van der Waals surface area contributed by atoms with Crippen LogP contribution in [0.3, 0.4) is 0 Å². The van der Waals surface area contributed by atoms with Crippen molar-refractivity contribution in [2.75, 3.05) is 27.3 Å². The van der Waals surface area contributed by atoms with Crippen LogP contribution >= 0.6 is 0 Å². The Morgan fingerprint density at radius 1 is 0.862 bits per heavy atom. The van der Waals surface area contributed by atoms with Crippen LogP contribution in [0.4, 0.5) is 0 Å². The summed E-state index contributed by atoms with van der Waals surface area (Å²) >= 11 is 0. The van der Waals surface area contributed by atoms with Crippen molar-refractivity contribution in [2.45, 2.75) is 30.6 Å². The van der Waals surface area contributed by atoms with Gasteiger partial charge in [0.1, 0.15) is 11.5 Å². The fraction of sp³-hybridized carbons (Fsp3) is 0.381. The van der Waals surface area contributed by atoms with Gasteiger partial charge in [-0.3, -0.25) is 0 Å². The summed E-state index contributed by atoms with van der Waals surface area (Å²) in [5, 5.41) is 9.55. The quantitative estimate of drug-likeness (QED) is 0.768. The van der Waals surface area contributed by atoms with E-state index in [4.69, 9.17) is 9.47 Å². The zero-order chi connectivity index (χ0) is 21.0. The predicted molar refractivity (Wildman–Crippen MR) is 109 cm³/mol. The Kier molecular flexibility index (Phi) is 6.44. The number of benzene rings is 2. The number of carbonyl (C=O) groups is 1. The molecule has 1 aliphatic heterocycles. The lowest BCUT2D eigenvalue weighted by atomic mass is 10.0. The molecule has 0 aromatic heterocycles. The van der Waals surface area contributed by atoms with Crippen LogP contribution in [0.2, 0.25) is 0 Å². The number of hydrogen-bond donors (Lipinski definition) is 1. The molecule has 0 unspecified atom stereocenters. The fourth-order valence-electron chi connectivity index (χ4n) is 3.44. The summed E-state index contributed by atoms with van der Waals surface area (Å²) in [5.74, 6) is -0.136. The Balaban J connectivity index is 2.13. The molecule has 1 saturated heterocycles. The number of aromatic carboxylic acids is 1. The third kappa shape index (κ3) is 4.71. The summed E-state index contributed by atoms with van der Waals surface area (Å²) in [4.78, 5) is 11.7. The number of sulfonamides is 1.